The van der Waals surface area contributed by atoms with Crippen LogP contribution in [0.5, 0.6) is 0 Å². The number of anilines is 1. The maximum absolute atomic E-state index is 14.1. The number of nitrogens with two attached hydrogens (primary N) is 1. The number of pyridine rings is 2. The fourth-order valence-electron chi connectivity index (χ4n) is 2.53. The van der Waals surface area contributed by atoms with E-state index >= 15 is 0 Å². The molecule has 0 aliphatic carbocycles. The first-order valence-corrected chi connectivity index (χ1v) is 6.48. The van der Waals surface area contributed by atoms with Crippen LogP contribution in [0.2, 0.25) is 0 Å². The normalized spacial score (nSPS) is 11.3. The van der Waals surface area contributed by atoms with Crippen LogP contribution >= 0.6 is 0 Å². The molecule has 2 N–H and O–H groups in total. The number of hydrogen-bond acceptors (Lipinski definition) is 3. The summed E-state index contributed by atoms with van der Waals surface area (Å²) in [4.78, 5) is 8.52. The van der Waals surface area contributed by atoms with Crippen molar-refractivity contribution < 1.29 is 4.39 Å². The topological polar surface area (TPSA) is 56.7 Å². The molecule has 4 aromatic rings. The maximum Gasteiger partial charge on any atom is 0.137 e. The van der Waals surface area contributed by atoms with E-state index in [4.69, 9.17) is 5.73 Å². The molecule has 3 aromatic heterocycles. The molecule has 3 heterocycles. The van der Waals surface area contributed by atoms with Gasteiger partial charge < -0.3 is 5.73 Å². The Bertz CT molecular complexity index is 975. The smallest absolute Gasteiger partial charge is 0.137 e. The predicted octanol–water partition coefficient (Wildman–Crippen LogP) is 3.30. The van der Waals surface area contributed by atoms with Gasteiger partial charge in [0.15, 0.2) is 0 Å². The van der Waals surface area contributed by atoms with Gasteiger partial charge in [0.25, 0.3) is 0 Å². The van der Waals surface area contributed by atoms with Gasteiger partial charge in [-0.1, -0.05) is 0 Å². The fraction of sp³-hybridized carbons (Fsp3) is 0. The summed E-state index contributed by atoms with van der Waals surface area (Å²) in [7, 11) is 0. The van der Waals surface area contributed by atoms with Crippen molar-refractivity contribution in [3.8, 4) is 5.82 Å². The summed E-state index contributed by atoms with van der Waals surface area (Å²) in [5.41, 5.74) is 6.97. The molecule has 0 atom stereocenters. The van der Waals surface area contributed by atoms with Gasteiger partial charge >= 0.3 is 0 Å². The minimum atomic E-state index is -0.344. The average molecular weight is 278 g/mol. The summed E-state index contributed by atoms with van der Waals surface area (Å²) in [5, 5.41) is 2.25. The van der Waals surface area contributed by atoms with E-state index in [1.54, 1.807) is 30.7 Å². The van der Waals surface area contributed by atoms with E-state index in [2.05, 4.69) is 9.97 Å². The number of aromatic nitrogens is 3. The molecule has 0 radical (unpaired) electrons. The molecule has 4 nitrogen and oxygen atoms in total. The van der Waals surface area contributed by atoms with E-state index in [-0.39, 0.29) is 5.82 Å². The van der Waals surface area contributed by atoms with Crippen molar-refractivity contribution >= 4 is 27.4 Å². The lowest BCUT2D eigenvalue weighted by Gasteiger charge is -2.07. The molecular formula is C16H11FN4. The SMILES string of the molecule is Nc1cc(F)c2cc(-n3ccc4ccncc43)ncc2c1. The van der Waals surface area contributed by atoms with Gasteiger partial charge in [0.2, 0.25) is 0 Å². The van der Waals surface area contributed by atoms with Gasteiger partial charge in [-0.15, -0.1) is 0 Å². The third-order valence-electron chi connectivity index (χ3n) is 3.54. The Labute approximate surface area is 119 Å². The molecule has 0 aliphatic heterocycles. The lowest BCUT2D eigenvalue weighted by molar-refractivity contribution is 0.640. The molecule has 0 fully saturated rings. The fourth-order valence-corrected chi connectivity index (χ4v) is 2.53. The monoisotopic (exact) mass is 278 g/mol. The first-order chi connectivity index (χ1) is 10.2. The van der Waals surface area contributed by atoms with Crippen molar-refractivity contribution in [2.45, 2.75) is 0 Å². The van der Waals surface area contributed by atoms with Crippen LogP contribution in [-0.2, 0) is 0 Å². The maximum atomic E-state index is 14.1. The highest BCUT2D eigenvalue weighted by Gasteiger charge is 2.08. The minimum Gasteiger partial charge on any atom is -0.399 e. The van der Waals surface area contributed by atoms with Crippen molar-refractivity contribution in [3.05, 3.63) is 60.9 Å². The molecule has 5 heteroatoms. The average Bonchev–Trinajstić information content (AvgIpc) is 2.91. The molecule has 0 amide bonds. The molecule has 0 spiro atoms. The van der Waals surface area contributed by atoms with Crippen LogP contribution in [0.1, 0.15) is 0 Å². The van der Waals surface area contributed by atoms with Crippen LogP contribution in [0.15, 0.2) is 55.1 Å². The lowest BCUT2D eigenvalue weighted by Crippen LogP contribution is -1.97. The summed E-state index contributed by atoms with van der Waals surface area (Å²) in [5.74, 6) is 0.303. The number of rotatable bonds is 1. The first kappa shape index (κ1) is 11.8. The predicted molar refractivity (Wildman–Crippen MR) is 80.7 cm³/mol. The molecule has 0 saturated heterocycles. The van der Waals surface area contributed by atoms with E-state index in [9.17, 15) is 4.39 Å². The minimum absolute atomic E-state index is 0.344. The molecular weight excluding hydrogens is 267 g/mol. The number of benzene rings is 1. The van der Waals surface area contributed by atoms with Crippen molar-refractivity contribution in [1.82, 2.24) is 14.5 Å². The zero-order valence-electron chi connectivity index (χ0n) is 11.0. The molecule has 4 rings (SSSR count). The van der Waals surface area contributed by atoms with E-state index in [0.29, 0.717) is 22.3 Å². The van der Waals surface area contributed by atoms with Gasteiger partial charge in [0.1, 0.15) is 11.6 Å². The van der Waals surface area contributed by atoms with E-state index in [0.717, 1.165) is 10.9 Å². The second kappa shape index (κ2) is 4.28. The number of halogens is 1. The highest BCUT2D eigenvalue weighted by Crippen LogP contribution is 2.24. The summed E-state index contributed by atoms with van der Waals surface area (Å²) in [6, 6.07) is 8.65. The Morgan fingerprint density at radius 2 is 1.95 bits per heavy atom. The number of nitrogen functional groups attached to an aromatic ring is 1. The second-order valence-corrected chi connectivity index (χ2v) is 4.89. The molecule has 0 bridgehead atoms. The molecule has 0 saturated carbocycles. The van der Waals surface area contributed by atoms with Gasteiger partial charge in [-0.2, -0.15) is 0 Å². The van der Waals surface area contributed by atoms with Gasteiger partial charge in [0, 0.05) is 40.4 Å². The number of nitrogens with zero attached hydrogens (tertiary/aromatic N) is 3. The third-order valence-corrected chi connectivity index (χ3v) is 3.54. The zero-order valence-corrected chi connectivity index (χ0v) is 11.0. The van der Waals surface area contributed by atoms with Crippen molar-refractivity contribution in [2.75, 3.05) is 5.73 Å². The Morgan fingerprint density at radius 1 is 1.05 bits per heavy atom. The summed E-state index contributed by atoms with van der Waals surface area (Å²) in [6.07, 6.45) is 7.03. The number of fused-ring (bicyclic) bond motifs is 2. The van der Waals surface area contributed by atoms with Crippen molar-refractivity contribution in [2.24, 2.45) is 0 Å². The van der Waals surface area contributed by atoms with E-state index in [1.807, 2.05) is 22.9 Å². The standard InChI is InChI=1S/C16H11FN4/c17-14-6-12(18)5-11-8-20-16(7-13(11)14)21-4-2-10-1-3-19-9-15(10)21/h1-9H,18H2. The molecule has 102 valence electrons. The van der Waals surface area contributed by atoms with E-state index < -0.39 is 0 Å². The third kappa shape index (κ3) is 1.82. The Kier molecular flexibility index (Phi) is 2.41. The molecule has 1 aromatic carbocycles. The highest BCUT2D eigenvalue weighted by atomic mass is 19.1. The van der Waals surface area contributed by atoms with Crippen molar-refractivity contribution in [3.63, 3.8) is 0 Å². The van der Waals surface area contributed by atoms with Crippen LogP contribution < -0.4 is 5.73 Å². The zero-order chi connectivity index (χ0) is 14.4. The van der Waals surface area contributed by atoms with Crippen LogP contribution in [0.3, 0.4) is 0 Å². The Hall–Kier alpha value is -2.95. The quantitative estimate of drug-likeness (QED) is 0.543. The van der Waals surface area contributed by atoms with E-state index in [1.165, 1.54) is 6.07 Å². The number of hydrogen-bond donors (Lipinski definition) is 1. The first-order valence-electron chi connectivity index (χ1n) is 6.48. The molecule has 0 unspecified atom stereocenters. The Morgan fingerprint density at radius 3 is 2.86 bits per heavy atom. The van der Waals surface area contributed by atoms with Crippen LogP contribution in [0.25, 0.3) is 27.5 Å². The molecule has 21 heavy (non-hydrogen) atoms. The van der Waals surface area contributed by atoms with Crippen LogP contribution in [0, 0.1) is 5.82 Å². The van der Waals surface area contributed by atoms with Crippen molar-refractivity contribution in [1.29, 1.82) is 0 Å². The summed E-state index contributed by atoms with van der Waals surface area (Å²) < 4.78 is 15.9. The summed E-state index contributed by atoms with van der Waals surface area (Å²) in [6.45, 7) is 0. The highest BCUT2D eigenvalue weighted by molar-refractivity contribution is 5.87. The largest absolute Gasteiger partial charge is 0.399 e. The van der Waals surface area contributed by atoms with Gasteiger partial charge in [0.05, 0.1) is 11.7 Å². The summed E-state index contributed by atoms with van der Waals surface area (Å²) >= 11 is 0. The lowest BCUT2D eigenvalue weighted by atomic mass is 10.1. The van der Waals surface area contributed by atoms with Gasteiger partial charge in [-0.25, -0.2) is 9.37 Å². The Balaban J connectivity index is 1.99. The van der Waals surface area contributed by atoms with Gasteiger partial charge in [-0.3, -0.25) is 9.55 Å². The van der Waals surface area contributed by atoms with Gasteiger partial charge in [-0.05, 0) is 30.3 Å². The van der Waals surface area contributed by atoms with Crippen LogP contribution in [-0.4, -0.2) is 14.5 Å². The van der Waals surface area contributed by atoms with Crippen LogP contribution in [0.4, 0.5) is 10.1 Å². The molecule has 0 aliphatic rings. The second-order valence-electron chi connectivity index (χ2n) is 4.89.